The topological polar surface area (TPSA) is 67.4 Å². The summed E-state index contributed by atoms with van der Waals surface area (Å²) in [5.74, 6) is 0. The molecular weight excluding hydrogens is 284 g/mol. The first-order chi connectivity index (χ1) is 9.11. The van der Waals surface area contributed by atoms with Crippen molar-refractivity contribution >= 4 is 21.4 Å². The zero-order valence-corrected chi connectivity index (χ0v) is 13.1. The molecule has 0 aliphatic carbocycles. The molecule has 5 nitrogen and oxygen atoms in total. The van der Waals surface area contributed by atoms with Gasteiger partial charge in [-0.2, -0.15) is 0 Å². The summed E-state index contributed by atoms with van der Waals surface area (Å²) >= 11 is 1.45. The maximum absolute atomic E-state index is 12.1. The summed E-state index contributed by atoms with van der Waals surface area (Å²) in [5.41, 5.74) is 0. The molecule has 0 aromatic carbocycles. The first-order valence-electron chi connectivity index (χ1n) is 6.31. The summed E-state index contributed by atoms with van der Waals surface area (Å²) in [6, 6.07) is 1.66. The summed E-state index contributed by atoms with van der Waals surface area (Å²) in [4.78, 5) is 1.23. The van der Waals surface area contributed by atoms with E-state index >= 15 is 0 Å². The second kappa shape index (κ2) is 8.65. The van der Waals surface area contributed by atoms with Gasteiger partial charge in [-0.25, -0.2) is 13.1 Å². The third kappa shape index (κ3) is 5.58. The summed E-state index contributed by atoms with van der Waals surface area (Å²) in [7, 11) is 0.101. The lowest BCUT2D eigenvalue weighted by atomic mass is 10.2. The van der Waals surface area contributed by atoms with E-state index in [9.17, 15) is 8.42 Å². The molecule has 0 saturated carbocycles. The van der Waals surface area contributed by atoms with Gasteiger partial charge in [0.25, 0.3) is 0 Å². The van der Waals surface area contributed by atoms with Crippen LogP contribution in [0.3, 0.4) is 0 Å². The molecule has 2 N–H and O–H groups in total. The molecule has 0 fully saturated rings. The number of unbranched alkanes of at least 4 members (excludes halogenated alkanes) is 2. The van der Waals surface area contributed by atoms with Crippen LogP contribution in [-0.4, -0.2) is 35.7 Å². The zero-order chi connectivity index (χ0) is 14.1. The van der Waals surface area contributed by atoms with Crippen molar-refractivity contribution < 1.29 is 13.2 Å². The molecule has 0 radical (unpaired) electrons. The maximum Gasteiger partial charge on any atom is 0.241 e. The second-order valence-corrected chi connectivity index (χ2v) is 6.93. The minimum atomic E-state index is -3.37. The van der Waals surface area contributed by atoms with Gasteiger partial charge in [0.15, 0.2) is 0 Å². The lowest BCUT2D eigenvalue weighted by molar-refractivity contribution is 0.192. The normalized spacial score (nSPS) is 11.9. The summed E-state index contributed by atoms with van der Waals surface area (Å²) in [6.07, 6.45) is 2.75. The Labute approximate surface area is 119 Å². The number of sulfonamides is 1. The van der Waals surface area contributed by atoms with Gasteiger partial charge < -0.3 is 10.1 Å². The average Bonchev–Trinajstić information content (AvgIpc) is 2.83. The molecule has 110 valence electrons. The third-order valence-electron chi connectivity index (χ3n) is 2.65. The molecular formula is C12H22N2O3S2. The fourth-order valence-electron chi connectivity index (χ4n) is 1.69. The van der Waals surface area contributed by atoms with Crippen molar-refractivity contribution in [2.45, 2.75) is 30.7 Å². The van der Waals surface area contributed by atoms with Gasteiger partial charge in [0.1, 0.15) is 0 Å². The van der Waals surface area contributed by atoms with Gasteiger partial charge in [0.05, 0.1) is 4.90 Å². The fraction of sp³-hybridized carbons (Fsp3) is 0.667. The smallest absolute Gasteiger partial charge is 0.241 e. The molecule has 0 unspecified atom stereocenters. The quantitative estimate of drug-likeness (QED) is 0.644. The first-order valence-corrected chi connectivity index (χ1v) is 8.67. The van der Waals surface area contributed by atoms with E-state index in [1.165, 1.54) is 11.3 Å². The van der Waals surface area contributed by atoms with Crippen LogP contribution in [0.4, 0.5) is 0 Å². The lowest BCUT2D eigenvalue weighted by Gasteiger charge is -2.07. The predicted octanol–water partition coefficient (Wildman–Crippen LogP) is 1.56. The molecule has 19 heavy (non-hydrogen) atoms. The fourth-order valence-corrected chi connectivity index (χ4v) is 4.22. The number of hydrogen-bond donors (Lipinski definition) is 2. The molecule has 0 atom stereocenters. The van der Waals surface area contributed by atoms with E-state index in [0.717, 1.165) is 30.7 Å². The Morgan fingerprint density at radius 2 is 2.11 bits per heavy atom. The number of ether oxygens (including phenoxy) is 1. The van der Waals surface area contributed by atoms with E-state index in [1.54, 1.807) is 25.6 Å². The third-order valence-corrected chi connectivity index (χ3v) is 5.24. The van der Waals surface area contributed by atoms with Crippen molar-refractivity contribution in [3.8, 4) is 0 Å². The van der Waals surface area contributed by atoms with Crippen LogP contribution in [0.15, 0.2) is 16.3 Å². The Kier molecular flexibility index (Phi) is 7.55. The highest BCUT2D eigenvalue weighted by atomic mass is 32.2. The highest BCUT2D eigenvalue weighted by Gasteiger charge is 2.18. The number of rotatable bonds is 10. The molecule has 0 aliphatic heterocycles. The van der Waals surface area contributed by atoms with Crippen LogP contribution in [-0.2, 0) is 21.3 Å². The van der Waals surface area contributed by atoms with Crippen LogP contribution in [0.25, 0.3) is 0 Å². The van der Waals surface area contributed by atoms with Crippen LogP contribution < -0.4 is 10.0 Å². The number of nitrogens with one attached hydrogen (secondary N) is 2. The lowest BCUT2D eigenvalue weighted by Crippen LogP contribution is -2.25. The van der Waals surface area contributed by atoms with Gasteiger partial charge >= 0.3 is 0 Å². The second-order valence-electron chi connectivity index (χ2n) is 4.19. The van der Waals surface area contributed by atoms with Crippen LogP contribution in [0.5, 0.6) is 0 Å². The Balaban J connectivity index is 2.45. The Hall–Kier alpha value is -0.470. The minimum Gasteiger partial charge on any atom is -0.385 e. The summed E-state index contributed by atoms with van der Waals surface area (Å²) in [5, 5.41) is 4.78. The van der Waals surface area contributed by atoms with Crippen molar-refractivity contribution in [2.24, 2.45) is 0 Å². The molecule has 1 heterocycles. The Morgan fingerprint density at radius 3 is 2.79 bits per heavy atom. The minimum absolute atomic E-state index is 0.392. The van der Waals surface area contributed by atoms with Crippen LogP contribution in [0.2, 0.25) is 0 Å². The zero-order valence-electron chi connectivity index (χ0n) is 11.4. The van der Waals surface area contributed by atoms with Crippen LogP contribution in [0.1, 0.15) is 24.1 Å². The highest BCUT2D eigenvalue weighted by Crippen LogP contribution is 2.21. The SMILES string of the molecule is CNCc1sccc1S(=O)(=O)NCCCCCOC. The van der Waals surface area contributed by atoms with E-state index < -0.39 is 10.0 Å². The van der Waals surface area contributed by atoms with E-state index in [1.807, 2.05) is 0 Å². The molecule has 7 heteroatoms. The van der Waals surface area contributed by atoms with Crippen LogP contribution >= 0.6 is 11.3 Å². The monoisotopic (exact) mass is 306 g/mol. The molecule has 1 aromatic heterocycles. The molecule has 1 rings (SSSR count). The number of methoxy groups -OCH3 is 1. The van der Waals surface area contributed by atoms with Crippen molar-refractivity contribution in [2.75, 3.05) is 27.3 Å². The van der Waals surface area contributed by atoms with E-state index in [-0.39, 0.29) is 0 Å². The Morgan fingerprint density at radius 1 is 1.32 bits per heavy atom. The standard InChI is InChI=1S/C12H22N2O3S2/c1-13-10-11-12(6-9-18-11)19(15,16)14-7-4-3-5-8-17-2/h6,9,13-14H,3-5,7-8,10H2,1-2H3. The van der Waals surface area contributed by atoms with Crippen molar-refractivity contribution in [1.82, 2.24) is 10.0 Å². The molecule has 0 aliphatic rings. The van der Waals surface area contributed by atoms with Gasteiger partial charge in [0, 0.05) is 31.7 Å². The van der Waals surface area contributed by atoms with Crippen molar-refractivity contribution in [3.05, 3.63) is 16.3 Å². The molecule has 0 amide bonds. The van der Waals surface area contributed by atoms with Crippen molar-refractivity contribution in [1.29, 1.82) is 0 Å². The molecule has 0 bridgehead atoms. The van der Waals surface area contributed by atoms with Gasteiger partial charge in [0.2, 0.25) is 10.0 Å². The molecule has 1 aromatic rings. The van der Waals surface area contributed by atoms with E-state index in [4.69, 9.17) is 4.74 Å². The van der Waals surface area contributed by atoms with Crippen molar-refractivity contribution in [3.63, 3.8) is 0 Å². The summed E-state index contributed by atoms with van der Waals surface area (Å²) in [6.45, 7) is 1.77. The average molecular weight is 306 g/mol. The van der Waals surface area contributed by atoms with Crippen LogP contribution in [0, 0.1) is 0 Å². The van der Waals surface area contributed by atoms with Gasteiger partial charge in [-0.1, -0.05) is 0 Å². The Bertz CT molecular complexity index is 457. The largest absolute Gasteiger partial charge is 0.385 e. The van der Waals surface area contributed by atoms with Gasteiger partial charge in [-0.3, -0.25) is 0 Å². The van der Waals surface area contributed by atoms with E-state index in [2.05, 4.69) is 10.0 Å². The first kappa shape index (κ1) is 16.6. The van der Waals surface area contributed by atoms with Gasteiger partial charge in [-0.05, 0) is 37.8 Å². The number of thiophene rings is 1. The highest BCUT2D eigenvalue weighted by molar-refractivity contribution is 7.89. The van der Waals surface area contributed by atoms with Gasteiger partial charge in [-0.15, -0.1) is 11.3 Å². The molecule has 0 spiro atoms. The molecule has 0 saturated heterocycles. The maximum atomic E-state index is 12.1. The predicted molar refractivity (Wildman–Crippen MR) is 78.0 cm³/mol. The van der Waals surface area contributed by atoms with E-state index in [0.29, 0.717) is 18.0 Å². The summed E-state index contributed by atoms with van der Waals surface area (Å²) < 4.78 is 31.8. The number of hydrogen-bond acceptors (Lipinski definition) is 5.